The van der Waals surface area contributed by atoms with Crippen molar-refractivity contribution in [3.63, 3.8) is 0 Å². The zero-order valence-electron chi connectivity index (χ0n) is 8.71. The minimum Gasteiger partial charge on any atom is -0.495 e. The molecule has 0 atom stereocenters. The van der Waals surface area contributed by atoms with E-state index in [0.29, 0.717) is 0 Å². The molecule has 0 aliphatic rings. The molecule has 2 nitrogen and oxygen atoms in total. The second-order valence-corrected chi connectivity index (χ2v) is 2.99. The van der Waals surface area contributed by atoms with Gasteiger partial charge in [0.15, 0.2) is 0 Å². The Morgan fingerprint density at radius 2 is 2.29 bits per heavy atom. The average Bonchev–Trinajstić information content (AvgIpc) is 2.25. The zero-order chi connectivity index (χ0) is 10.2. The normalized spacial score (nSPS) is 9.00. The number of ether oxygens (including phenoxy) is 1. The maximum absolute atomic E-state index is 5.00. The fraction of sp³-hybridized carbons (Fsp3) is 0.417. The van der Waals surface area contributed by atoms with Gasteiger partial charge in [-0.15, -0.1) is 0 Å². The summed E-state index contributed by atoms with van der Waals surface area (Å²) in [7, 11) is 1.63. The van der Waals surface area contributed by atoms with Gasteiger partial charge in [-0.3, -0.25) is 0 Å². The molecule has 0 aliphatic carbocycles. The van der Waals surface area contributed by atoms with E-state index < -0.39 is 0 Å². The number of aromatic nitrogens is 1. The number of hydrogen-bond acceptors (Lipinski definition) is 2. The lowest BCUT2D eigenvalue weighted by atomic mass is 10.2. The molecule has 0 saturated heterocycles. The van der Waals surface area contributed by atoms with Crippen molar-refractivity contribution in [1.29, 1.82) is 0 Å². The minimum atomic E-state index is 0.768. The predicted octanol–water partition coefficient (Wildman–Crippen LogP) is 2.63. The summed E-state index contributed by atoms with van der Waals surface area (Å²) in [6.45, 7) is 2.16. The summed E-state index contributed by atoms with van der Waals surface area (Å²) in [5.74, 6) is 6.87. The van der Waals surface area contributed by atoms with E-state index in [0.717, 1.165) is 24.3 Å². The van der Waals surface area contributed by atoms with Gasteiger partial charge in [-0.05, 0) is 24.5 Å². The average molecular weight is 189 g/mol. The van der Waals surface area contributed by atoms with E-state index in [4.69, 9.17) is 4.74 Å². The Bertz CT molecular complexity index is 318. The van der Waals surface area contributed by atoms with Crippen LogP contribution in [0.4, 0.5) is 0 Å². The first-order chi connectivity index (χ1) is 6.86. The molecule has 0 radical (unpaired) electrons. The molecule has 0 fully saturated rings. The molecule has 74 valence electrons. The maximum atomic E-state index is 5.00. The summed E-state index contributed by atoms with van der Waals surface area (Å²) in [6, 6.07) is 3.74. The highest BCUT2D eigenvalue weighted by Gasteiger charge is 1.90. The van der Waals surface area contributed by atoms with Gasteiger partial charge in [-0.25, -0.2) is 4.98 Å². The monoisotopic (exact) mass is 189 g/mol. The quantitative estimate of drug-likeness (QED) is 0.538. The van der Waals surface area contributed by atoms with Crippen molar-refractivity contribution in [2.45, 2.75) is 26.2 Å². The highest BCUT2D eigenvalue weighted by molar-refractivity contribution is 5.30. The van der Waals surface area contributed by atoms with Crippen molar-refractivity contribution >= 4 is 0 Å². The van der Waals surface area contributed by atoms with Crippen LogP contribution >= 0.6 is 0 Å². The predicted molar refractivity (Wildman–Crippen MR) is 57.2 cm³/mol. The van der Waals surface area contributed by atoms with Crippen LogP contribution in [0.1, 0.15) is 31.9 Å². The maximum Gasteiger partial charge on any atom is 0.137 e. The van der Waals surface area contributed by atoms with Gasteiger partial charge in [-0.2, -0.15) is 0 Å². The van der Waals surface area contributed by atoms with Crippen molar-refractivity contribution in [1.82, 2.24) is 4.98 Å². The van der Waals surface area contributed by atoms with Crippen molar-refractivity contribution in [2.75, 3.05) is 7.11 Å². The molecule has 0 aromatic carbocycles. The molecule has 1 aromatic heterocycles. The topological polar surface area (TPSA) is 22.1 Å². The van der Waals surface area contributed by atoms with Crippen LogP contribution in [-0.2, 0) is 0 Å². The van der Waals surface area contributed by atoms with Crippen molar-refractivity contribution in [3.05, 3.63) is 24.0 Å². The summed E-state index contributed by atoms with van der Waals surface area (Å²) in [5.41, 5.74) is 0.807. The van der Waals surface area contributed by atoms with Crippen LogP contribution < -0.4 is 4.74 Å². The zero-order valence-corrected chi connectivity index (χ0v) is 8.71. The molecule has 0 spiro atoms. The molecule has 2 heteroatoms. The van der Waals surface area contributed by atoms with Gasteiger partial charge >= 0.3 is 0 Å². The Morgan fingerprint density at radius 3 is 2.86 bits per heavy atom. The van der Waals surface area contributed by atoms with Gasteiger partial charge in [0.1, 0.15) is 11.4 Å². The second-order valence-electron chi connectivity index (χ2n) is 2.99. The van der Waals surface area contributed by atoms with Crippen LogP contribution in [0.25, 0.3) is 0 Å². The summed E-state index contributed by atoms with van der Waals surface area (Å²) in [5, 5.41) is 0. The van der Waals surface area contributed by atoms with Crippen molar-refractivity contribution < 1.29 is 4.74 Å². The van der Waals surface area contributed by atoms with E-state index in [9.17, 15) is 0 Å². The summed E-state index contributed by atoms with van der Waals surface area (Å²) in [6.07, 6.45) is 4.97. The highest BCUT2D eigenvalue weighted by Crippen LogP contribution is 2.06. The first-order valence-electron chi connectivity index (χ1n) is 4.85. The van der Waals surface area contributed by atoms with Crippen LogP contribution in [0.15, 0.2) is 18.3 Å². The number of rotatable bonds is 3. The molecule has 1 heterocycles. The summed E-state index contributed by atoms with van der Waals surface area (Å²) in [4.78, 5) is 4.15. The smallest absolute Gasteiger partial charge is 0.137 e. The van der Waals surface area contributed by atoms with E-state index >= 15 is 0 Å². The van der Waals surface area contributed by atoms with Gasteiger partial charge in [0, 0.05) is 6.42 Å². The summed E-state index contributed by atoms with van der Waals surface area (Å²) >= 11 is 0. The van der Waals surface area contributed by atoms with Gasteiger partial charge in [0.2, 0.25) is 0 Å². The Labute approximate surface area is 85.3 Å². The fourth-order valence-electron chi connectivity index (χ4n) is 0.993. The molecule has 14 heavy (non-hydrogen) atoms. The van der Waals surface area contributed by atoms with Gasteiger partial charge in [-0.1, -0.05) is 19.3 Å². The molecule has 0 saturated carbocycles. The first-order valence-corrected chi connectivity index (χ1v) is 4.85. The molecule has 0 bridgehead atoms. The van der Waals surface area contributed by atoms with Crippen molar-refractivity contribution in [2.24, 2.45) is 0 Å². The largest absolute Gasteiger partial charge is 0.495 e. The molecule has 1 rings (SSSR count). The van der Waals surface area contributed by atoms with Crippen LogP contribution in [0.5, 0.6) is 5.75 Å². The molecule has 1 aromatic rings. The van der Waals surface area contributed by atoms with Gasteiger partial charge in [0.05, 0.1) is 13.3 Å². The van der Waals surface area contributed by atoms with Crippen LogP contribution in [0.3, 0.4) is 0 Å². The third kappa shape index (κ3) is 3.49. The minimum absolute atomic E-state index is 0.768. The van der Waals surface area contributed by atoms with E-state index in [1.165, 1.54) is 6.42 Å². The lowest BCUT2D eigenvalue weighted by Crippen LogP contribution is -1.85. The Kier molecular flexibility index (Phi) is 4.57. The van der Waals surface area contributed by atoms with E-state index in [2.05, 4.69) is 23.7 Å². The Hall–Kier alpha value is -1.49. The number of unbranched alkanes of at least 4 members (excludes halogenated alkanes) is 2. The summed E-state index contributed by atoms with van der Waals surface area (Å²) < 4.78 is 5.00. The molecular weight excluding hydrogens is 174 g/mol. The van der Waals surface area contributed by atoms with Gasteiger partial charge < -0.3 is 4.74 Å². The Morgan fingerprint density at radius 1 is 1.43 bits per heavy atom. The standard InChI is InChI=1S/C12H15NO/c1-3-4-5-6-7-11-8-9-12(14-2)10-13-11/h8-10H,3-5H2,1-2H3. The van der Waals surface area contributed by atoms with Gasteiger partial charge in [0.25, 0.3) is 0 Å². The number of pyridine rings is 1. The molecule has 0 N–H and O–H groups in total. The third-order valence-electron chi connectivity index (χ3n) is 1.84. The number of nitrogens with zero attached hydrogens (tertiary/aromatic N) is 1. The second kappa shape index (κ2) is 6.04. The van der Waals surface area contributed by atoms with Crippen LogP contribution in [0.2, 0.25) is 0 Å². The fourth-order valence-corrected chi connectivity index (χ4v) is 0.993. The number of hydrogen-bond donors (Lipinski definition) is 0. The van der Waals surface area contributed by atoms with E-state index in [1.807, 2.05) is 12.1 Å². The van der Waals surface area contributed by atoms with Crippen molar-refractivity contribution in [3.8, 4) is 17.6 Å². The van der Waals surface area contributed by atoms with E-state index in [1.54, 1.807) is 13.3 Å². The van der Waals surface area contributed by atoms with Crippen LogP contribution in [-0.4, -0.2) is 12.1 Å². The lowest BCUT2D eigenvalue weighted by molar-refractivity contribution is 0.413. The molecule has 0 aliphatic heterocycles. The van der Waals surface area contributed by atoms with Crippen LogP contribution in [0, 0.1) is 11.8 Å². The lowest BCUT2D eigenvalue weighted by Gasteiger charge is -1.96. The molecule has 0 amide bonds. The first kappa shape index (κ1) is 10.6. The molecule has 0 unspecified atom stereocenters. The Balaban J connectivity index is 2.53. The SMILES string of the molecule is CCCCC#Cc1ccc(OC)cn1. The number of methoxy groups -OCH3 is 1. The third-order valence-corrected chi connectivity index (χ3v) is 1.84. The van der Waals surface area contributed by atoms with E-state index in [-0.39, 0.29) is 0 Å². The molecular formula is C12H15NO. The highest BCUT2D eigenvalue weighted by atomic mass is 16.5.